The summed E-state index contributed by atoms with van der Waals surface area (Å²) in [4.78, 5) is 24.5. The molecule has 0 spiro atoms. The van der Waals surface area contributed by atoms with Gasteiger partial charge in [-0.3, -0.25) is 4.79 Å². The van der Waals surface area contributed by atoms with Crippen molar-refractivity contribution in [2.75, 3.05) is 27.4 Å². The van der Waals surface area contributed by atoms with E-state index < -0.39 is 17.9 Å². The molecule has 6 nitrogen and oxygen atoms in total. The topological polar surface area (TPSA) is 76.1 Å². The summed E-state index contributed by atoms with van der Waals surface area (Å²) < 4.78 is 10.3. The van der Waals surface area contributed by atoms with Crippen molar-refractivity contribution in [3.05, 3.63) is 28.8 Å². The van der Waals surface area contributed by atoms with Crippen LogP contribution in [0.3, 0.4) is 0 Å². The van der Waals surface area contributed by atoms with Crippen LogP contribution >= 0.6 is 11.6 Å². The van der Waals surface area contributed by atoms with Gasteiger partial charge in [0.05, 0.1) is 12.2 Å². The minimum absolute atomic E-state index is 0.217. The predicted octanol–water partition coefficient (Wildman–Crippen LogP) is 1.91. The normalized spacial score (nSPS) is 11.8. The lowest BCUT2D eigenvalue weighted by molar-refractivity contribution is -0.141. The second-order valence-electron chi connectivity index (χ2n) is 4.41. The highest BCUT2D eigenvalue weighted by molar-refractivity contribution is 6.31. The summed E-state index contributed by atoms with van der Waals surface area (Å²) in [5.74, 6) is -1.22. The van der Waals surface area contributed by atoms with Gasteiger partial charge in [-0.25, -0.2) is 4.79 Å². The number of benzene rings is 1. The number of halogens is 1. The molecule has 0 aromatic heterocycles. The Balaban J connectivity index is 3.00. The van der Waals surface area contributed by atoms with Crippen molar-refractivity contribution in [3.63, 3.8) is 0 Å². The van der Waals surface area contributed by atoms with Crippen molar-refractivity contribution in [1.29, 1.82) is 0 Å². The second kappa shape index (κ2) is 7.85. The molecule has 1 atom stereocenters. The van der Waals surface area contributed by atoms with Gasteiger partial charge in [0, 0.05) is 19.2 Å². The van der Waals surface area contributed by atoms with Crippen LogP contribution in [0.25, 0.3) is 0 Å². The maximum atomic E-state index is 12.4. The summed E-state index contributed by atoms with van der Waals surface area (Å²) in [6.07, 6.45) is 0. The number of carbonyl (C=O) groups excluding carboxylic acids is 1. The summed E-state index contributed by atoms with van der Waals surface area (Å²) >= 11 is 5.90. The SMILES string of the molecule is COCCOc1ccc(Cl)cc1C(=O)N(C)C(C)C(=O)O. The first-order valence-electron chi connectivity index (χ1n) is 6.29. The minimum atomic E-state index is -1.09. The Bertz CT molecular complexity index is 520. The third kappa shape index (κ3) is 4.61. The highest BCUT2D eigenvalue weighted by atomic mass is 35.5. The molecule has 1 rings (SSSR count). The Labute approximate surface area is 128 Å². The lowest BCUT2D eigenvalue weighted by Gasteiger charge is -2.22. The van der Waals surface area contributed by atoms with Gasteiger partial charge < -0.3 is 19.5 Å². The van der Waals surface area contributed by atoms with Gasteiger partial charge in [0.25, 0.3) is 5.91 Å². The van der Waals surface area contributed by atoms with E-state index in [1.54, 1.807) is 19.2 Å². The van der Waals surface area contributed by atoms with Crippen LogP contribution in [0.2, 0.25) is 5.02 Å². The van der Waals surface area contributed by atoms with Gasteiger partial charge in [-0.05, 0) is 25.1 Å². The zero-order valence-corrected chi connectivity index (χ0v) is 12.9. The van der Waals surface area contributed by atoms with Crippen LogP contribution in [0, 0.1) is 0 Å². The first-order chi connectivity index (χ1) is 9.88. The number of carboxylic acids is 1. The highest BCUT2D eigenvalue weighted by Crippen LogP contribution is 2.24. The number of nitrogens with zero attached hydrogens (tertiary/aromatic N) is 1. The Hall–Kier alpha value is -1.79. The smallest absolute Gasteiger partial charge is 0.326 e. The molecule has 1 aromatic rings. The number of carbonyl (C=O) groups is 2. The molecular weight excluding hydrogens is 298 g/mol. The number of methoxy groups -OCH3 is 1. The fourth-order valence-corrected chi connectivity index (χ4v) is 1.73. The first kappa shape index (κ1) is 17.3. The summed E-state index contributed by atoms with van der Waals surface area (Å²) in [7, 11) is 2.96. The van der Waals surface area contributed by atoms with E-state index in [1.165, 1.54) is 20.0 Å². The number of hydrogen-bond acceptors (Lipinski definition) is 4. The number of aliphatic carboxylic acids is 1. The lowest BCUT2D eigenvalue weighted by Crippen LogP contribution is -2.40. The quantitative estimate of drug-likeness (QED) is 0.778. The molecule has 0 aliphatic rings. The largest absolute Gasteiger partial charge is 0.490 e. The molecule has 1 N–H and O–H groups in total. The molecule has 0 saturated heterocycles. The van der Waals surface area contributed by atoms with E-state index in [2.05, 4.69) is 0 Å². The number of carboxylic acid groups (broad SMARTS) is 1. The molecule has 7 heteroatoms. The van der Waals surface area contributed by atoms with E-state index in [0.29, 0.717) is 17.4 Å². The van der Waals surface area contributed by atoms with Gasteiger partial charge >= 0.3 is 5.97 Å². The Morgan fingerprint density at radius 2 is 2.05 bits per heavy atom. The van der Waals surface area contributed by atoms with Crippen LogP contribution in [0.4, 0.5) is 0 Å². The number of amides is 1. The molecule has 1 unspecified atom stereocenters. The molecule has 0 radical (unpaired) electrons. The van der Waals surface area contributed by atoms with E-state index in [-0.39, 0.29) is 12.2 Å². The lowest BCUT2D eigenvalue weighted by atomic mass is 10.1. The maximum absolute atomic E-state index is 12.4. The molecule has 0 aliphatic carbocycles. The number of ether oxygens (including phenoxy) is 2. The van der Waals surface area contributed by atoms with Crippen LogP contribution in [0.15, 0.2) is 18.2 Å². The zero-order valence-electron chi connectivity index (χ0n) is 12.1. The first-order valence-corrected chi connectivity index (χ1v) is 6.67. The highest BCUT2D eigenvalue weighted by Gasteiger charge is 2.25. The van der Waals surface area contributed by atoms with Crippen molar-refractivity contribution in [3.8, 4) is 5.75 Å². The van der Waals surface area contributed by atoms with E-state index in [0.717, 1.165) is 4.90 Å². The molecule has 116 valence electrons. The predicted molar refractivity (Wildman–Crippen MR) is 78.0 cm³/mol. The average molecular weight is 316 g/mol. The third-order valence-electron chi connectivity index (χ3n) is 2.98. The van der Waals surface area contributed by atoms with Gasteiger partial charge in [0.1, 0.15) is 18.4 Å². The van der Waals surface area contributed by atoms with E-state index in [4.69, 9.17) is 26.2 Å². The number of hydrogen-bond donors (Lipinski definition) is 1. The standard InChI is InChI=1S/C14H18ClNO5/c1-9(14(18)19)16(2)13(17)11-8-10(15)4-5-12(11)21-7-6-20-3/h4-5,8-9H,6-7H2,1-3H3,(H,18,19). The Morgan fingerprint density at radius 3 is 2.62 bits per heavy atom. The molecule has 0 heterocycles. The summed E-state index contributed by atoms with van der Waals surface area (Å²) in [5, 5.41) is 9.35. The van der Waals surface area contributed by atoms with Crippen LogP contribution in [-0.4, -0.2) is 55.3 Å². The molecule has 0 fully saturated rings. The van der Waals surface area contributed by atoms with Crippen molar-refractivity contribution >= 4 is 23.5 Å². The molecule has 1 aromatic carbocycles. The van der Waals surface area contributed by atoms with Gasteiger partial charge in [0.15, 0.2) is 0 Å². The summed E-state index contributed by atoms with van der Waals surface area (Å²) in [6.45, 7) is 2.07. The Morgan fingerprint density at radius 1 is 1.38 bits per heavy atom. The van der Waals surface area contributed by atoms with E-state index >= 15 is 0 Å². The molecule has 21 heavy (non-hydrogen) atoms. The van der Waals surface area contributed by atoms with Crippen LogP contribution in [-0.2, 0) is 9.53 Å². The minimum Gasteiger partial charge on any atom is -0.490 e. The van der Waals surface area contributed by atoms with E-state index in [9.17, 15) is 9.59 Å². The van der Waals surface area contributed by atoms with Gasteiger partial charge in [-0.15, -0.1) is 0 Å². The monoisotopic (exact) mass is 315 g/mol. The van der Waals surface area contributed by atoms with E-state index in [1.807, 2.05) is 0 Å². The fraction of sp³-hybridized carbons (Fsp3) is 0.429. The van der Waals surface area contributed by atoms with Gasteiger partial charge in [-0.2, -0.15) is 0 Å². The molecule has 1 amide bonds. The maximum Gasteiger partial charge on any atom is 0.326 e. The summed E-state index contributed by atoms with van der Waals surface area (Å²) in [6, 6.07) is 3.67. The van der Waals surface area contributed by atoms with Crippen molar-refractivity contribution in [2.24, 2.45) is 0 Å². The average Bonchev–Trinajstić information content (AvgIpc) is 2.46. The van der Waals surface area contributed by atoms with Crippen LogP contribution in [0.1, 0.15) is 17.3 Å². The fourth-order valence-electron chi connectivity index (χ4n) is 1.56. The van der Waals surface area contributed by atoms with Gasteiger partial charge in [0.2, 0.25) is 0 Å². The van der Waals surface area contributed by atoms with Crippen LogP contribution in [0.5, 0.6) is 5.75 Å². The van der Waals surface area contributed by atoms with Crippen molar-refractivity contribution < 1.29 is 24.2 Å². The Kier molecular flexibility index (Phi) is 6.45. The number of rotatable bonds is 7. The van der Waals surface area contributed by atoms with Crippen molar-refractivity contribution in [1.82, 2.24) is 4.90 Å². The van der Waals surface area contributed by atoms with Crippen molar-refractivity contribution in [2.45, 2.75) is 13.0 Å². The molecule has 0 aliphatic heterocycles. The molecular formula is C14H18ClNO5. The molecule has 0 bridgehead atoms. The second-order valence-corrected chi connectivity index (χ2v) is 4.85. The zero-order chi connectivity index (χ0) is 16.0. The molecule has 0 saturated carbocycles. The van der Waals surface area contributed by atoms with Crippen LogP contribution < -0.4 is 4.74 Å². The summed E-state index contributed by atoms with van der Waals surface area (Å²) in [5.41, 5.74) is 0.217. The van der Waals surface area contributed by atoms with Gasteiger partial charge in [-0.1, -0.05) is 11.6 Å². The third-order valence-corrected chi connectivity index (χ3v) is 3.21. The number of likely N-dealkylation sites (N-methyl/N-ethyl adjacent to an activating group) is 1.